The van der Waals surface area contributed by atoms with Crippen LogP contribution >= 0.6 is 0 Å². The summed E-state index contributed by atoms with van der Waals surface area (Å²) in [5, 5.41) is 0. The highest BCUT2D eigenvalue weighted by molar-refractivity contribution is 7.92. The molecule has 4 rings (SSSR count). The van der Waals surface area contributed by atoms with Gasteiger partial charge in [-0.3, -0.25) is 4.72 Å². The summed E-state index contributed by atoms with van der Waals surface area (Å²) in [7, 11) is -3.90. The van der Waals surface area contributed by atoms with E-state index in [1.165, 1.54) is 47.7 Å². The molecule has 1 aromatic heterocycles. The van der Waals surface area contributed by atoms with E-state index in [4.69, 9.17) is 4.42 Å². The van der Waals surface area contributed by atoms with Crippen molar-refractivity contribution >= 4 is 26.8 Å². The van der Waals surface area contributed by atoms with E-state index in [0.29, 0.717) is 12.2 Å². The van der Waals surface area contributed by atoms with Crippen LogP contribution in [0.2, 0.25) is 0 Å². The van der Waals surface area contributed by atoms with Crippen LogP contribution < -0.4 is 15.4 Å². The van der Waals surface area contributed by atoms with Crippen molar-refractivity contribution in [2.45, 2.75) is 30.8 Å². The summed E-state index contributed by atoms with van der Waals surface area (Å²) < 4.78 is 47.4. The fraction of sp³-hybridized carbons (Fsp3) is 0.316. The first-order chi connectivity index (χ1) is 13.4. The number of hydrogen-bond acceptors (Lipinski definition) is 4. The van der Waals surface area contributed by atoms with Crippen LogP contribution in [0.3, 0.4) is 0 Å². The number of piperidine rings is 1. The molecular weight excluding hydrogens is 385 g/mol. The van der Waals surface area contributed by atoms with Crippen molar-refractivity contribution in [3.63, 3.8) is 0 Å². The third kappa shape index (κ3) is 3.81. The molecule has 0 bridgehead atoms. The molecule has 0 spiro atoms. The number of halogens is 1. The van der Waals surface area contributed by atoms with Crippen molar-refractivity contribution in [1.29, 1.82) is 0 Å². The lowest BCUT2D eigenvalue weighted by Gasteiger charge is -2.23. The zero-order valence-electron chi connectivity index (χ0n) is 15.2. The number of nitrogens with zero attached hydrogens (tertiary/aromatic N) is 1. The predicted molar refractivity (Wildman–Crippen MR) is 102 cm³/mol. The highest BCUT2D eigenvalue weighted by Crippen LogP contribution is 2.21. The Balaban J connectivity index is 1.62. The number of rotatable bonds is 5. The standard InChI is InChI=1S/C19H20FN3O4S/c20-14-4-6-15(7-5-14)21-28(25,26)16-8-9-17-18(12-16)27-19(24)23(17)13-22-10-2-1-3-11-22/h4-9,12,21H,1-3,10-11,13H2/p+1. The van der Waals surface area contributed by atoms with Crippen LogP contribution in [0.5, 0.6) is 0 Å². The van der Waals surface area contributed by atoms with Crippen LogP contribution in [0.1, 0.15) is 19.3 Å². The highest BCUT2D eigenvalue weighted by atomic mass is 32.2. The van der Waals surface area contributed by atoms with Gasteiger partial charge >= 0.3 is 5.76 Å². The lowest BCUT2D eigenvalue weighted by atomic mass is 10.1. The van der Waals surface area contributed by atoms with Gasteiger partial charge in [0.05, 0.1) is 23.5 Å². The van der Waals surface area contributed by atoms with E-state index in [1.807, 2.05) is 0 Å². The number of anilines is 1. The van der Waals surface area contributed by atoms with Crippen LogP contribution in [0, 0.1) is 5.82 Å². The number of benzene rings is 2. The average Bonchev–Trinajstić information content (AvgIpc) is 2.99. The van der Waals surface area contributed by atoms with Gasteiger partial charge in [0.25, 0.3) is 10.0 Å². The number of likely N-dealkylation sites (tertiary alicyclic amines) is 1. The second-order valence-electron chi connectivity index (χ2n) is 7.01. The molecule has 2 N–H and O–H groups in total. The van der Waals surface area contributed by atoms with Gasteiger partial charge in [0.1, 0.15) is 5.82 Å². The Morgan fingerprint density at radius 3 is 2.50 bits per heavy atom. The lowest BCUT2D eigenvalue weighted by molar-refractivity contribution is -0.927. The number of hydrogen-bond donors (Lipinski definition) is 2. The average molecular weight is 406 g/mol. The molecule has 1 aliphatic heterocycles. The first kappa shape index (κ1) is 18.7. The van der Waals surface area contributed by atoms with Crippen LogP contribution in [0.4, 0.5) is 10.1 Å². The fourth-order valence-corrected chi connectivity index (χ4v) is 4.60. The number of sulfonamides is 1. The summed E-state index contributed by atoms with van der Waals surface area (Å²) in [6.45, 7) is 2.52. The lowest BCUT2D eigenvalue weighted by Crippen LogP contribution is -3.12. The molecule has 0 unspecified atom stereocenters. The Morgan fingerprint density at radius 2 is 1.79 bits per heavy atom. The van der Waals surface area contributed by atoms with E-state index in [9.17, 15) is 17.6 Å². The maximum atomic E-state index is 13.0. The van der Waals surface area contributed by atoms with Crippen molar-refractivity contribution < 1.29 is 22.1 Å². The number of nitrogens with one attached hydrogen (secondary N) is 2. The van der Waals surface area contributed by atoms with Crippen LogP contribution in [0.15, 0.2) is 56.6 Å². The monoisotopic (exact) mass is 406 g/mol. The van der Waals surface area contributed by atoms with Crippen molar-refractivity contribution in [2.75, 3.05) is 17.8 Å². The molecule has 0 atom stereocenters. The van der Waals surface area contributed by atoms with Crippen LogP contribution in [-0.4, -0.2) is 26.1 Å². The quantitative estimate of drug-likeness (QED) is 0.673. The minimum atomic E-state index is -3.90. The summed E-state index contributed by atoms with van der Waals surface area (Å²) in [6, 6.07) is 9.37. The third-order valence-electron chi connectivity index (χ3n) is 4.99. The van der Waals surface area contributed by atoms with Gasteiger partial charge in [0.2, 0.25) is 0 Å². The molecule has 9 heteroatoms. The van der Waals surface area contributed by atoms with Gasteiger partial charge in [-0.05, 0) is 55.7 Å². The molecular formula is C19H21FN3O4S+. The number of fused-ring (bicyclic) bond motifs is 1. The summed E-state index contributed by atoms with van der Waals surface area (Å²) in [4.78, 5) is 13.6. The van der Waals surface area contributed by atoms with Gasteiger partial charge in [0.15, 0.2) is 12.3 Å². The van der Waals surface area contributed by atoms with E-state index in [2.05, 4.69) is 4.72 Å². The molecule has 0 amide bonds. The minimum absolute atomic E-state index is 0.0319. The van der Waals surface area contributed by atoms with E-state index in [-0.39, 0.29) is 16.2 Å². The van der Waals surface area contributed by atoms with Crippen molar-refractivity contribution in [2.24, 2.45) is 0 Å². The molecule has 0 radical (unpaired) electrons. The number of aromatic nitrogens is 1. The summed E-state index contributed by atoms with van der Waals surface area (Å²) in [5.74, 6) is -0.947. The van der Waals surface area contributed by atoms with E-state index in [0.717, 1.165) is 25.9 Å². The second kappa shape index (κ2) is 7.40. The van der Waals surface area contributed by atoms with Crippen LogP contribution in [-0.2, 0) is 16.7 Å². The summed E-state index contributed by atoms with van der Waals surface area (Å²) in [5.41, 5.74) is 1.04. The first-order valence-electron chi connectivity index (χ1n) is 9.18. The molecule has 148 valence electrons. The largest absolute Gasteiger partial charge is 0.424 e. The Hall–Kier alpha value is -2.65. The normalized spacial score (nSPS) is 15.8. The minimum Gasteiger partial charge on any atom is -0.408 e. The van der Waals surface area contributed by atoms with Gasteiger partial charge in [-0.25, -0.2) is 22.2 Å². The molecule has 7 nitrogen and oxygen atoms in total. The molecule has 2 aromatic carbocycles. The highest BCUT2D eigenvalue weighted by Gasteiger charge is 2.21. The SMILES string of the molecule is O=c1oc2cc(S(=O)(=O)Nc3ccc(F)cc3)ccc2n1C[NH+]1CCCCC1. The third-order valence-corrected chi connectivity index (χ3v) is 6.37. The summed E-state index contributed by atoms with van der Waals surface area (Å²) in [6.07, 6.45) is 3.49. The van der Waals surface area contributed by atoms with E-state index >= 15 is 0 Å². The fourth-order valence-electron chi connectivity index (χ4n) is 3.53. The maximum Gasteiger partial charge on any atom is 0.424 e. The van der Waals surface area contributed by atoms with E-state index in [1.54, 1.807) is 10.6 Å². The summed E-state index contributed by atoms with van der Waals surface area (Å²) >= 11 is 0. The molecule has 0 aliphatic carbocycles. The molecule has 3 aromatic rings. The molecule has 1 aliphatic rings. The first-order valence-corrected chi connectivity index (χ1v) is 10.7. The molecule has 1 saturated heterocycles. The topological polar surface area (TPSA) is 85.8 Å². The van der Waals surface area contributed by atoms with Gasteiger partial charge in [-0.1, -0.05) is 0 Å². The number of quaternary nitrogens is 1. The molecule has 0 saturated carbocycles. The Kier molecular flexibility index (Phi) is 4.94. The van der Waals surface area contributed by atoms with Crippen LogP contribution in [0.25, 0.3) is 11.1 Å². The Labute approximate surface area is 161 Å². The Bertz CT molecular complexity index is 1150. The van der Waals surface area contributed by atoms with Crippen molar-refractivity contribution in [3.05, 3.63) is 58.8 Å². The van der Waals surface area contributed by atoms with Crippen molar-refractivity contribution in [3.8, 4) is 0 Å². The van der Waals surface area contributed by atoms with E-state index < -0.39 is 21.6 Å². The molecule has 2 heterocycles. The van der Waals surface area contributed by atoms with Gasteiger partial charge in [0, 0.05) is 11.8 Å². The Morgan fingerprint density at radius 1 is 1.07 bits per heavy atom. The molecule has 1 fully saturated rings. The second-order valence-corrected chi connectivity index (χ2v) is 8.69. The maximum absolute atomic E-state index is 13.0. The molecule has 28 heavy (non-hydrogen) atoms. The zero-order valence-corrected chi connectivity index (χ0v) is 16.0. The van der Waals surface area contributed by atoms with Crippen molar-refractivity contribution in [1.82, 2.24) is 4.57 Å². The predicted octanol–water partition coefficient (Wildman–Crippen LogP) is 1.56. The zero-order chi connectivity index (χ0) is 19.7. The van der Waals surface area contributed by atoms with Gasteiger partial charge < -0.3 is 9.32 Å². The van der Waals surface area contributed by atoms with Gasteiger partial charge in [-0.2, -0.15) is 0 Å². The number of oxazole rings is 1. The smallest absolute Gasteiger partial charge is 0.408 e. The van der Waals surface area contributed by atoms with Gasteiger partial charge in [-0.15, -0.1) is 0 Å².